The van der Waals surface area contributed by atoms with E-state index in [9.17, 15) is 8.42 Å². The Bertz CT molecular complexity index is 638. The fourth-order valence-electron chi connectivity index (χ4n) is 1.55. The molecule has 0 saturated heterocycles. The molecule has 1 unspecified atom stereocenters. The maximum atomic E-state index is 12.0. The second-order valence-corrected chi connectivity index (χ2v) is 7.30. The highest BCUT2D eigenvalue weighted by Crippen LogP contribution is 2.18. The Morgan fingerprint density at radius 3 is 2.63 bits per heavy atom. The number of rotatable bonds is 5. The van der Waals surface area contributed by atoms with Crippen molar-refractivity contribution in [3.63, 3.8) is 0 Å². The number of sulfonamides is 1. The number of hydrogen-bond acceptors (Lipinski definition) is 5. The lowest BCUT2D eigenvalue weighted by Gasteiger charge is -2.12. The summed E-state index contributed by atoms with van der Waals surface area (Å²) >= 11 is 1.14. The molecule has 102 valence electrons. The molecule has 1 aromatic carbocycles. The SMILES string of the molecule is Cc1ncc(S(=O)(=O)NCC(N)c2ccccc2)s1. The number of thiazole rings is 1. The number of benzene rings is 1. The van der Waals surface area contributed by atoms with Crippen LogP contribution in [0.5, 0.6) is 0 Å². The number of aryl methyl sites for hydroxylation is 1. The zero-order valence-corrected chi connectivity index (χ0v) is 12.0. The van der Waals surface area contributed by atoms with Crippen molar-refractivity contribution in [3.8, 4) is 0 Å². The molecule has 0 amide bonds. The Labute approximate surface area is 116 Å². The summed E-state index contributed by atoms with van der Waals surface area (Å²) in [5, 5.41) is 0.715. The molecule has 0 bridgehead atoms. The van der Waals surface area contributed by atoms with Gasteiger partial charge in [-0.2, -0.15) is 0 Å². The molecule has 5 nitrogen and oxygen atoms in total. The largest absolute Gasteiger partial charge is 0.323 e. The molecule has 0 radical (unpaired) electrons. The summed E-state index contributed by atoms with van der Waals surface area (Å²) in [4.78, 5) is 3.94. The van der Waals surface area contributed by atoms with Gasteiger partial charge in [0.25, 0.3) is 10.0 Å². The van der Waals surface area contributed by atoms with Crippen LogP contribution in [0.2, 0.25) is 0 Å². The van der Waals surface area contributed by atoms with Crippen LogP contribution in [0.3, 0.4) is 0 Å². The summed E-state index contributed by atoms with van der Waals surface area (Å²) in [5.74, 6) is 0. The molecule has 0 fully saturated rings. The van der Waals surface area contributed by atoms with E-state index in [1.165, 1.54) is 6.20 Å². The highest BCUT2D eigenvalue weighted by Gasteiger charge is 2.18. The quantitative estimate of drug-likeness (QED) is 0.874. The second-order valence-electron chi connectivity index (χ2n) is 4.07. The Morgan fingerprint density at radius 2 is 2.05 bits per heavy atom. The van der Waals surface area contributed by atoms with Crippen LogP contribution in [0.15, 0.2) is 40.7 Å². The van der Waals surface area contributed by atoms with Crippen LogP contribution < -0.4 is 10.5 Å². The third-order valence-electron chi connectivity index (χ3n) is 2.59. The van der Waals surface area contributed by atoms with E-state index in [4.69, 9.17) is 5.73 Å². The first kappa shape index (κ1) is 14.1. The van der Waals surface area contributed by atoms with Crippen molar-refractivity contribution in [2.45, 2.75) is 17.2 Å². The third kappa shape index (κ3) is 3.60. The first-order valence-corrected chi connectivity index (χ1v) is 8.01. The van der Waals surface area contributed by atoms with Gasteiger partial charge in [0.05, 0.1) is 11.2 Å². The Morgan fingerprint density at radius 1 is 1.37 bits per heavy atom. The topological polar surface area (TPSA) is 85.1 Å². The molecule has 3 N–H and O–H groups in total. The van der Waals surface area contributed by atoms with Crippen molar-refractivity contribution >= 4 is 21.4 Å². The zero-order chi connectivity index (χ0) is 13.9. The van der Waals surface area contributed by atoms with Crippen LogP contribution in [0.4, 0.5) is 0 Å². The van der Waals surface area contributed by atoms with Crippen molar-refractivity contribution in [1.82, 2.24) is 9.71 Å². The van der Waals surface area contributed by atoms with Crippen LogP contribution >= 0.6 is 11.3 Å². The van der Waals surface area contributed by atoms with Gasteiger partial charge in [-0.3, -0.25) is 0 Å². The summed E-state index contributed by atoms with van der Waals surface area (Å²) < 4.78 is 26.7. The van der Waals surface area contributed by atoms with Crippen molar-refractivity contribution in [2.75, 3.05) is 6.54 Å². The van der Waals surface area contributed by atoms with Gasteiger partial charge in [-0.1, -0.05) is 30.3 Å². The summed E-state index contributed by atoms with van der Waals surface area (Å²) in [5.41, 5.74) is 6.84. The lowest BCUT2D eigenvalue weighted by atomic mass is 10.1. The first-order chi connectivity index (χ1) is 8.99. The molecule has 2 rings (SSSR count). The van der Waals surface area contributed by atoms with Gasteiger partial charge in [0, 0.05) is 12.6 Å². The Kier molecular flexibility index (Phi) is 4.31. The molecular formula is C12H15N3O2S2. The molecule has 7 heteroatoms. The van der Waals surface area contributed by atoms with Crippen LogP contribution in [-0.4, -0.2) is 19.9 Å². The minimum atomic E-state index is -3.52. The summed E-state index contributed by atoms with van der Waals surface area (Å²) in [6.45, 7) is 1.92. The van der Waals surface area contributed by atoms with Gasteiger partial charge in [-0.15, -0.1) is 11.3 Å². The van der Waals surface area contributed by atoms with Crippen molar-refractivity contribution < 1.29 is 8.42 Å². The number of aromatic nitrogens is 1. The predicted molar refractivity (Wildman–Crippen MR) is 75.4 cm³/mol. The highest BCUT2D eigenvalue weighted by atomic mass is 32.2. The maximum absolute atomic E-state index is 12.0. The summed E-state index contributed by atoms with van der Waals surface area (Å²) in [6, 6.07) is 9.00. The van der Waals surface area contributed by atoms with Crippen LogP contribution in [0, 0.1) is 6.92 Å². The Hall–Kier alpha value is -1.28. The molecular weight excluding hydrogens is 282 g/mol. The second kappa shape index (κ2) is 5.79. The van der Waals surface area contributed by atoms with E-state index in [1.807, 2.05) is 30.3 Å². The number of hydrogen-bond donors (Lipinski definition) is 2. The van der Waals surface area contributed by atoms with Gasteiger partial charge in [0.1, 0.15) is 0 Å². The van der Waals surface area contributed by atoms with E-state index in [0.717, 1.165) is 16.9 Å². The predicted octanol–water partition coefficient (Wildman–Crippen LogP) is 1.43. The number of nitrogens with zero attached hydrogens (tertiary/aromatic N) is 1. The highest BCUT2D eigenvalue weighted by molar-refractivity contribution is 7.91. The van der Waals surface area contributed by atoms with Gasteiger partial charge < -0.3 is 5.73 Å². The molecule has 0 saturated carbocycles. The molecule has 19 heavy (non-hydrogen) atoms. The monoisotopic (exact) mass is 297 g/mol. The zero-order valence-electron chi connectivity index (χ0n) is 10.4. The lowest BCUT2D eigenvalue weighted by Crippen LogP contribution is -2.31. The molecule has 1 atom stereocenters. The molecule has 0 aliphatic heterocycles. The van der Waals surface area contributed by atoms with Gasteiger partial charge in [0.2, 0.25) is 0 Å². The van der Waals surface area contributed by atoms with Crippen LogP contribution in [0.1, 0.15) is 16.6 Å². The van der Waals surface area contributed by atoms with Crippen molar-refractivity contribution in [2.24, 2.45) is 5.73 Å². The minimum absolute atomic E-state index is 0.156. The van der Waals surface area contributed by atoms with Gasteiger partial charge in [0.15, 0.2) is 4.21 Å². The minimum Gasteiger partial charge on any atom is -0.323 e. The Balaban J connectivity index is 2.03. The van der Waals surface area contributed by atoms with Crippen molar-refractivity contribution in [3.05, 3.63) is 47.1 Å². The average Bonchev–Trinajstić information content (AvgIpc) is 2.85. The summed E-state index contributed by atoms with van der Waals surface area (Å²) in [6.07, 6.45) is 1.36. The van der Waals surface area contributed by atoms with Crippen molar-refractivity contribution in [1.29, 1.82) is 0 Å². The number of nitrogens with two attached hydrogens (primary N) is 1. The van der Waals surface area contributed by atoms with E-state index in [0.29, 0.717) is 5.01 Å². The van der Waals surface area contributed by atoms with E-state index in [-0.39, 0.29) is 16.8 Å². The average molecular weight is 297 g/mol. The van der Waals surface area contributed by atoms with E-state index >= 15 is 0 Å². The molecule has 2 aromatic rings. The van der Waals surface area contributed by atoms with Gasteiger partial charge in [-0.25, -0.2) is 18.1 Å². The smallest absolute Gasteiger partial charge is 0.251 e. The fraction of sp³-hybridized carbons (Fsp3) is 0.250. The molecule has 1 aromatic heterocycles. The first-order valence-electron chi connectivity index (χ1n) is 5.71. The standard InChI is InChI=1S/C12H15N3O2S2/c1-9-14-8-12(18-9)19(16,17)15-7-11(13)10-5-3-2-4-6-10/h2-6,8,11,15H,7,13H2,1H3. The van der Waals surface area contributed by atoms with E-state index in [2.05, 4.69) is 9.71 Å². The van der Waals surface area contributed by atoms with Crippen LogP contribution in [0.25, 0.3) is 0 Å². The molecule has 0 aliphatic rings. The van der Waals surface area contributed by atoms with Gasteiger partial charge in [-0.05, 0) is 12.5 Å². The number of nitrogens with one attached hydrogen (secondary N) is 1. The maximum Gasteiger partial charge on any atom is 0.251 e. The normalized spacial score (nSPS) is 13.4. The lowest BCUT2D eigenvalue weighted by molar-refractivity contribution is 0.574. The van der Waals surface area contributed by atoms with Crippen LogP contribution in [-0.2, 0) is 10.0 Å². The van der Waals surface area contributed by atoms with Gasteiger partial charge >= 0.3 is 0 Å². The van der Waals surface area contributed by atoms with E-state index in [1.54, 1.807) is 6.92 Å². The molecule has 0 spiro atoms. The molecule has 1 heterocycles. The molecule has 0 aliphatic carbocycles. The summed E-state index contributed by atoms with van der Waals surface area (Å²) in [7, 11) is -3.52. The van der Waals surface area contributed by atoms with E-state index < -0.39 is 10.0 Å². The third-order valence-corrected chi connectivity index (χ3v) is 5.38. The fourth-order valence-corrected chi connectivity index (χ4v) is 3.77.